The quantitative estimate of drug-likeness (QED) is 0.574. The smallest absolute Gasteiger partial charge is 0.266 e. The molecule has 1 aliphatic heterocycles. The van der Waals surface area contributed by atoms with Crippen molar-refractivity contribution < 1.29 is 9.53 Å². The molecule has 0 saturated carbocycles. The first-order valence-corrected chi connectivity index (χ1v) is 8.95. The summed E-state index contributed by atoms with van der Waals surface area (Å²) in [5.41, 5.74) is 1.48. The van der Waals surface area contributed by atoms with Crippen LogP contribution in [-0.4, -0.2) is 29.6 Å². The number of benzene rings is 2. The minimum Gasteiger partial charge on any atom is -0.480 e. The van der Waals surface area contributed by atoms with Crippen LogP contribution in [0, 0.1) is 12.3 Å². The molecule has 0 aromatic heterocycles. The van der Waals surface area contributed by atoms with Crippen molar-refractivity contribution in [2.24, 2.45) is 4.99 Å². The molecule has 0 spiro atoms. The van der Waals surface area contributed by atoms with E-state index in [4.69, 9.17) is 22.8 Å². The van der Waals surface area contributed by atoms with Gasteiger partial charge in [0, 0.05) is 17.6 Å². The Morgan fingerprint density at radius 2 is 2.12 bits per heavy atom. The van der Waals surface area contributed by atoms with Crippen LogP contribution in [0.4, 0.5) is 5.69 Å². The summed E-state index contributed by atoms with van der Waals surface area (Å²) in [5, 5.41) is 1.18. The number of nitrogens with zero attached hydrogens (tertiary/aromatic N) is 2. The van der Waals surface area contributed by atoms with Gasteiger partial charge in [-0.15, -0.1) is 6.42 Å². The summed E-state index contributed by atoms with van der Waals surface area (Å²) in [6.07, 6.45) is 7.04. The van der Waals surface area contributed by atoms with Crippen molar-refractivity contribution >= 4 is 46.2 Å². The summed E-state index contributed by atoms with van der Waals surface area (Å²) in [6, 6.07) is 14.6. The van der Waals surface area contributed by atoms with Crippen LogP contribution in [0.3, 0.4) is 0 Å². The van der Waals surface area contributed by atoms with E-state index in [1.54, 1.807) is 25.3 Å². The third-order valence-corrected chi connectivity index (χ3v) is 4.85. The Labute approximate surface area is 161 Å². The molecule has 0 atom stereocenters. The number of amides is 1. The molecule has 6 heteroatoms. The normalized spacial score (nSPS) is 17.0. The summed E-state index contributed by atoms with van der Waals surface area (Å²) >= 11 is 7.30. The second-order valence-electron chi connectivity index (χ2n) is 5.38. The predicted octanol–water partition coefficient (Wildman–Crippen LogP) is 4.59. The summed E-state index contributed by atoms with van der Waals surface area (Å²) in [5.74, 6) is 2.95. The zero-order chi connectivity index (χ0) is 18.5. The van der Waals surface area contributed by atoms with Gasteiger partial charge in [0.25, 0.3) is 5.91 Å². The number of terminal acetylenes is 1. The average Bonchev–Trinajstić information content (AvgIpc) is 2.89. The van der Waals surface area contributed by atoms with E-state index >= 15 is 0 Å². The van der Waals surface area contributed by atoms with Crippen LogP contribution in [0.5, 0.6) is 5.75 Å². The lowest BCUT2D eigenvalue weighted by molar-refractivity contribution is -0.121. The van der Waals surface area contributed by atoms with Gasteiger partial charge in [-0.1, -0.05) is 41.8 Å². The number of halogens is 1. The van der Waals surface area contributed by atoms with E-state index in [-0.39, 0.29) is 12.5 Å². The first-order chi connectivity index (χ1) is 12.6. The van der Waals surface area contributed by atoms with Crippen LogP contribution in [0.15, 0.2) is 58.4 Å². The number of likely N-dealkylation sites (N-methyl/N-ethyl adjacent to an activating group) is 1. The SMILES string of the molecule is C#CCOc1ccccc1/C=C1/SC(=Nc2cccc(Cl)c2)N(C)C1=O. The zero-order valence-corrected chi connectivity index (χ0v) is 15.6. The topological polar surface area (TPSA) is 41.9 Å². The lowest BCUT2D eigenvalue weighted by Crippen LogP contribution is -2.23. The molecule has 1 heterocycles. The molecule has 26 heavy (non-hydrogen) atoms. The molecule has 0 N–H and O–H groups in total. The number of aliphatic imine (C=N–C) groups is 1. The Kier molecular flexibility index (Phi) is 5.67. The summed E-state index contributed by atoms with van der Waals surface area (Å²) in [6.45, 7) is 0.169. The number of amidine groups is 1. The maximum atomic E-state index is 12.6. The fourth-order valence-electron chi connectivity index (χ4n) is 2.30. The zero-order valence-electron chi connectivity index (χ0n) is 14.0. The predicted molar refractivity (Wildman–Crippen MR) is 108 cm³/mol. The Bertz CT molecular complexity index is 947. The van der Waals surface area contributed by atoms with E-state index in [9.17, 15) is 4.79 Å². The lowest BCUT2D eigenvalue weighted by atomic mass is 10.2. The maximum Gasteiger partial charge on any atom is 0.266 e. The van der Waals surface area contributed by atoms with Crippen LogP contribution < -0.4 is 4.74 Å². The lowest BCUT2D eigenvalue weighted by Gasteiger charge is -2.07. The highest BCUT2D eigenvalue weighted by atomic mass is 35.5. The Morgan fingerprint density at radius 1 is 1.31 bits per heavy atom. The first kappa shape index (κ1) is 18.1. The van der Waals surface area contributed by atoms with Crippen molar-refractivity contribution in [2.45, 2.75) is 0 Å². The number of hydrogen-bond donors (Lipinski definition) is 0. The minimum absolute atomic E-state index is 0.123. The summed E-state index contributed by atoms with van der Waals surface area (Å²) in [7, 11) is 1.69. The Morgan fingerprint density at radius 3 is 2.88 bits per heavy atom. The van der Waals surface area contributed by atoms with Gasteiger partial charge in [0.2, 0.25) is 0 Å². The largest absolute Gasteiger partial charge is 0.480 e. The van der Waals surface area contributed by atoms with Crippen molar-refractivity contribution in [3.63, 3.8) is 0 Å². The fourth-order valence-corrected chi connectivity index (χ4v) is 3.46. The average molecular weight is 383 g/mol. The van der Waals surface area contributed by atoms with Gasteiger partial charge in [0.1, 0.15) is 12.4 Å². The van der Waals surface area contributed by atoms with Gasteiger partial charge in [0.15, 0.2) is 5.17 Å². The molecular formula is C20H15ClN2O2S. The van der Waals surface area contributed by atoms with Gasteiger partial charge in [0.05, 0.1) is 10.6 Å². The molecule has 0 bridgehead atoms. The van der Waals surface area contributed by atoms with Crippen LogP contribution in [-0.2, 0) is 4.79 Å². The molecular weight excluding hydrogens is 368 g/mol. The molecule has 1 amide bonds. The first-order valence-electron chi connectivity index (χ1n) is 7.75. The molecule has 130 valence electrons. The molecule has 4 nitrogen and oxygen atoms in total. The molecule has 2 aromatic carbocycles. The number of hydrogen-bond acceptors (Lipinski definition) is 4. The van der Waals surface area contributed by atoms with Crippen LogP contribution in [0.1, 0.15) is 5.56 Å². The molecule has 1 saturated heterocycles. The Hall–Kier alpha value is -2.68. The van der Waals surface area contributed by atoms with E-state index in [2.05, 4.69) is 10.9 Å². The van der Waals surface area contributed by atoms with Gasteiger partial charge in [-0.25, -0.2) is 4.99 Å². The molecule has 3 rings (SSSR count). The molecule has 1 fully saturated rings. The van der Waals surface area contributed by atoms with Crippen molar-refractivity contribution in [2.75, 3.05) is 13.7 Å². The Balaban J connectivity index is 1.90. The number of para-hydroxylation sites is 1. The minimum atomic E-state index is -0.123. The highest BCUT2D eigenvalue weighted by Crippen LogP contribution is 2.34. The summed E-state index contributed by atoms with van der Waals surface area (Å²) in [4.78, 5) is 19.2. The number of carbonyl (C=O) groups is 1. The van der Waals surface area contributed by atoms with Crippen molar-refractivity contribution in [1.82, 2.24) is 4.90 Å². The third kappa shape index (κ3) is 4.10. The molecule has 0 radical (unpaired) electrons. The standard InChI is InChI=1S/C20H15ClN2O2S/c1-3-11-25-17-10-5-4-7-14(17)12-18-19(24)23(2)20(26-18)22-16-9-6-8-15(21)13-16/h1,4-10,12-13H,11H2,2H3/b18-12+,22-20?. The van der Waals surface area contributed by atoms with Gasteiger partial charge < -0.3 is 4.74 Å². The van der Waals surface area contributed by atoms with Gasteiger partial charge >= 0.3 is 0 Å². The molecule has 1 aliphatic rings. The summed E-state index contributed by atoms with van der Waals surface area (Å²) < 4.78 is 5.53. The monoisotopic (exact) mass is 382 g/mol. The highest BCUT2D eigenvalue weighted by Gasteiger charge is 2.30. The van der Waals surface area contributed by atoms with E-state index < -0.39 is 0 Å². The highest BCUT2D eigenvalue weighted by molar-refractivity contribution is 8.18. The van der Waals surface area contributed by atoms with Gasteiger partial charge in [-0.2, -0.15) is 0 Å². The van der Waals surface area contributed by atoms with Crippen molar-refractivity contribution in [3.8, 4) is 18.1 Å². The number of rotatable bonds is 4. The van der Waals surface area contributed by atoms with Crippen LogP contribution in [0.25, 0.3) is 6.08 Å². The van der Waals surface area contributed by atoms with Crippen LogP contribution >= 0.6 is 23.4 Å². The third-order valence-electron chi connectivity index (χ3n) is 3.55. The number of ether oxygens (including phenoxy) is 1. The fraction of sp³-hybridized carbons (Fsp3) is 0.100. The van der Waals surface area contributed by atoms with Crippen molar-refractivity contribution in [3.05, 3.63) is 64.0 Å². The van der Waals surface area contributed by atoms with Gasteiger partial charge in [-0.3, -0.25) is 9.69 Å². The van der Waals surface area contributed by atoms with E-state index in [1.807, 2.05) is 36.4 Å². The molecule has 2 aromatic rings. The van der Waals surface area contributed by atoms with Crippen molar-refractivity contribution in [1.29, 1.82) is 0 Å². The molecule has 0 aliphatic carbocycles. The van der Waals surface area contributed by atoms with E-state index in [1.165, 1.54) is 16.7 Å². The van der Waals surface area contributed by atoms with E-state index in [0.29, 0.717) is 26.5 Å². The number of carbonyl (C=O) groups excluding carboxylic acids is 1. The van der Waals surface area contributed by atoms with Gasteiger partial charge in [-0.05, 0) is 42.1 Å². The number of thioether (sulfide) groups is 1. The maximum absolute atomic E-state index is 12.6. The second-order valence-corrected chi connectivity index (χ2v) is 6.83. The van der Waals surface area contributed by atoms with E-state index in [0.717, 1.165) is 5.56 Å². The molecule has 0 unspecified atom stereocenters. The second kappa shape index (κ2) is 8.13. The van der Waals surface area contributed by atoms with Crippen LogP contribution in [0.2, 0.25) is 5.02 Å².